The molecule has 0 radical (unpaired) electrons. The van der Waals surface area contributed by atoms with Crippen molar-refractivity contribution in [2.24, 2.45) is 0 Å². The molecule has 0 unspecified atom stereocenters. The molecule has 2 rings (SSSR count). The summed E-state index contributed by atoms with van der Waals surface area (Å²) in [6.45, 7) is 3.00. The van der Waals surface area contributed by atoms with Gasteiger partial charge in [-0.1, -0.05) is 36.4 Å². The van der Waals surface area contributed by atoms with E-state index in [4.69, 9.17) is 5.73 Å². The molecule has 0 fully saturated rings. The van der Waals surface area contributed by atoms with Gasteiger partial charge in [0.15, 0.2) is 0 Å². The van der Waals surface area contributed by atoms with Gasteiger partial charge in [-0.05, 0) is 30.2 Å². The maximum absolute atomic E-state index is 5.83. The average Bonchev–Trinajstić information content (AvgIpc) is 2.33. The molecule has 0 heterocycles. The van der Waals surface area contributed by atoms with E-state index < -0.39 is 0 Å². The van der Waals surface area contributed by atoms with Crippen LogP contribution in [0.3, 0.4) is 0 Å². The zero-order valence-corrected chi connectivity index (χ0v) is 10.4. The molecule has 0 saturated carbocycles. The lowest BCUT2D eigenvalue weighted by Gasteiger charge is -2.22. The van der Waals surface area contributed by atoms with Gasteiger partial charge in [0.05, 0.1) is 0 Å². The summed E-state index contributed by atoms with van der Waals surface area (Å²) in [5, 5.41) is 0. The first-order valence-corrected chi connectivity index (χ1v) is 5.78. The molecule has 0 spiro atoms. The second kappa shape index (κ2) is 4.91. The molecule has 2 aromatic rings. The number of hydrogen-bond acceptors (Lipinski definition) is 2. The van der Waals surface area contributed by atoms with Crippen molar-refractivity contribution in [1.29, 1.82) is 0 Å². The van der Waals surface area contributed by atoms with E-state index in [1.807, 2.05) is 18.2 Å². The van der Waals surface area contributed by atoms with E-state index in [1.54, 1.807) is 0 Å². The monoisotopic (exact) mass is 226 g/mol. The number of benzene rings is 2. The summed E-state index contributed by atoms with van der Waals surface area (Å²) in [5.41, 5.74) is 10.4. The van der Waals surface area contributed by atoms with Gasteiger partial charge in [0.2, 0.25) is 0 Å². The van der Waals surface area contributed by atoms with Crippen LogP contribution in [0.2, 0.25) is 0 Å². The van der Waals surface area contributed by atoms with E-state index in [0.717, 1.165) is 12.2 Å². The standard InChI is InChI=1S/C15H18N2/c1-12-8-9-14(16)10-15(12)17(2)11-13-6-4-3-5-7-13/h3-10H,11,16H2,1-2H3. The fraction of sp³-hybridized carbons (Fsp3) is 0.200. The van der Waals surface area contributed by atoms with Crippen molar-refractivity contribution >= 4 is 11.4 Å². The molecule has 0 aromatic heterocycles. The lowest BCUT2D eigenvalue weighted by atomic mass is 10.1. The average molecular weight is 226 g/mol. The van der Waals surface area contributed by atoms with Gasteiger partial charge in [0.1, 0.15) is 0 Å². The van der Waals surface area contributed by atoms with Crippen LogP contribution in [-0.2, 0) is 6.54 Å². The fourth-order valence-electron chi connectivity index (χ4n) is 1.98. The Morgan fingerprint density at radius 3 is 2.47 bits per heavy atom. The molecule has 88 valence electrons. The zero-order valence-electron chi connectivity index (χ0n) is 10.4. The molecule has 0 aliphatic carbocycles. The van der Waals surface area contributed by atoms with Crippen LogP contribution < -0.4 is 10.6 Å². The van der Waals surface area contributed by atoms with Crippen molar-refractivity contribution in [3.8, 4) is 0 Å². The summed E-state index contributed by atoms with van der Waals surface area (Å²) in [6, 6.07) is 16.5. The van der Waals surface area contributed by atoms with E-state index in [9.17, 15) is 0 Å². The summed E-state index contributed by atoms with van der Waals surface area (Å²) in [6.07, 6.45) is 0. The van der Waals surface area contributed by atoms with Gasteiger partial charge < -0.3 is 10.6 Å². The Morgan fingerprint density at radius 2 is 1.76 bits per heavy atom. The molecule has 17 heavy (non-hydrogen) atoms. The van der Waals surface area contributed by atoms with E-state index in [-0.39, 0.29) is 0 Å². The fourth-order valence-corrected chi connectivity index (χ4v) is 1.98. The number of nitrogens with two attached hydrogens (primary N) is 1. The number of anilines is 2. The highest BCUT2D eigenvalue weighted by Gasteiger charge is 2.05. The zero-order chi connectivity index (χ0) is 12.3. The van der Waals surface area contributed by atoms with Crippen molar-refractivity contribution in [3.05, 3.63) is 59.7 Å². The Balaban J connectivity index is 2.20. The minimum absolute atomic E-state index is 0.811. The molecule has 0 saturated heterocycles. The van der Waals surface area contributed by atoms with Crippen LogP contribution in [0.1, 0.15) is 11.1 Å². The quantitative estimate of drug-likeness (QED) is 0.814. The molecule has 2 heteroatoms. The van der Waals surface area contributed by atoms with E-state index in [2.05, 4.69) is 49.2 Å². The van der Waals surface area contributed by atoms with Gasteiger partial charge in [0, 0.05) is 25.0 Å². The van der Waals surface area contributed by atoms with Gasteiger partial charge in [0.25, 0.3) is 0 Å². The summed E-state index contributed by atoms with van der Waals surface area (Å²) >= 11 is 0. The predicted octanol–water partition coefficient (Wildman–Crippen LogP) is 3.21. The lowest BCUT2D eigenvalue weighted by molar-refractivity contribution is 0.918. The van der Waals surface area contributed by atoms with E-state index in [0.29, 0.717) is 0 Å². The van der Waals surface area contributed by atoms with Gasteiger partial charge in [-0.15, -0.1) is 0 Å². The number of nitrogen functional groups attached to an aromatic ring is 1. The molecule has 0 bridgehead atoms. The molecule has 0 amide bonds. The first-order valence-electron chi connectivity index (χ1n) is 5.78. The van der Waals surface area contributed by atoms with Gasteiger partial charge in [-0.2, -0.15) is 0 Å². The third kappa shape index (κ3) is 2.78. The molecular formula is C15H18N2. The van der Waals surface area contributed by atoms with Crippen LogP contribution >= 0.6 is 0 Å². The topological polar surface area (TPSA) is 29.3 Å². The summed E-state index contributed by atoms with van der Waals surface area (Å²) < 4.78 is 0. The highest BCUT2D eigenvalue weighted by Crippen LogP contribution is 2.23. The minimum atomic E-state index is 0.811. The Hall–Kier alpha value is -1.96. The first kappa shape index (κ1) is 11.5. The van der Waals surface area contributed by atoms with Crippen LogP contribution in [0.4, 0.5) is 11.4 Å². The highest BCUT2D eigenvalue weighted by molar-refractivity contribution is 5.60. The Labute approximate surface area is 103 Å². The normalized spacial score (nSPS) is 10.2. The largest absolute Gasteiger partial charge is 0.399 e. The molecule has 0 aliphatic heterocycles. The van der Waals surface area contributed by atoms with Gasteiger partial charge in [-0.25, -0.2) is 0 Å². The van der Waals surface area contributed by atoms with Crippen molar-refractivity contribution in [1.82, 2.24) is 0 Å². The van der Waals surface area contributed by atoms with E-state index in [1.165, 1.54) is 16.8 Å². The van der Waals surface area contributed by atoms with E-state index >= 15 is 0 Å². The smallest absolute Gasteiger partial charge is 0.0426 e. The van der Waals surface area contributed by atoms with Crippen LogP contribution in [0.5, 0.6) is 0 Å². The first-order chi connectivity index (χ1) is 8.16. The lowest BCUT2D eigenvalue weighted by Crippen LogP contribution is -2.17. The molecular weight excluding hydrogens is 208 g/mol. The predicted molar refractivity (Wildman–Crippen MR) is 74.1 cm³/mol. The maximum atomic E-state index is 5.83. The second-order valence-corrected chi connectivity index (χ2v) is 4.39. The van der Waals surface area contributed by atoms with Crippen LogP contribution in [-0.4, -0.2) is 7.05 Å². The minimum Gasteiger partial charge on any atom is -0.399 e. The summed E-state index contributed by atoms with van der Waals surface area (Å²) in [4.78, 5) is 2.22. The number of rotatable bonds is 3. The Morgan fingerprint density at radius 1 is 1.06 bits per heavy atom. The van der Waals surface area contributed by atoms with Gasteiger partial charge in [-0.3, -0.25) is 0 Å². The maximum Gasteiger partial charge on any atom is 0.0426 e. The van der Waals surface area contributed by atoms with Crippen molar-refractivity contribution in [2.75, 3.05) is 17.7 Å². The third-order valence-electron chi connectivity index (χ3n) is 2.91. The van der Waals surface area contributed by atoms with Crippen LogP contribution in [0.15, 0.2) is 48.5 Å². The Kier molecular flexibility index (Phi) is 3.33. The number of hydrogen-bond donors (Lipinski definition) is 1. The number of aryl methyl sites for hydroxylation is 1. The van der Waals surface area contributed by atoms with Crippen LogP contribution in [0.25, 0.3) is 0 Å². The Bertz CT molecular complexity index is 492. The molecule has 2 aromatic carbocycles. The SMILES string of the molecule is Cc1ccc(N)cc1N(C)Cc1ccccc1. The third-order valence-corrected chi connectivity index (χ3v) is 2.91. The van der Waals surface area contributed by atoms with Gasteiger partial charge >= 0.3 is 0 Å². The molecule has 2 nitrogen and oxygen atoms in total. The molecule has 2 N–H and O–H groups in total. The second-order valence-electron chi connectivity index (χ2n) is 4.39. The van der Waals surface area contributed by atoms with Crippen LogP contribution in [0, 0.1) is 6.92 Å². The van der Waals surface area contributed by atoms with Crippen molar-refractivity contribution in [2.45, 2.75) is 13.5 Å². The van der Waals surface area contributed by atoms with Crippen molar-refractivity contribution < 1.29 is 0 Å². The highest BCUT2D eigenvalue weighted by atomic mass is 15.1. The molecule has 0 atom stereocenters. The summed E-state index contributed by atoms with van der Waals surface area (Å²) in [5.74, 6) is 0. The van der Waals surface area contributed by atoms with Crippen molar-refractivity contribution in [3.63, 3.8) is 0 Å². The number of nitrogens with zero attached hydrogens (tertiary/aromatic N) is 1. The molecule has 0 aliphatic rings. The summed E-state index contributed by atoms with van der Waals surface area (Å²) in [7, 11) is 2.09.